The Morgan fingerprint density at radius 3 is 2.52 bits per heavy atom. The van der Waals surface area contributed by atoms with Gasteiger partial charge in [-0.3, -0.25) is 24.9 Å². The van der Waals surface area contributed by atoms with Gasteiger partial charge in [0.1, 0.15) is 0 Å². The highest BCUT2D eigenvalue weighted by Crippen LogP contribution is 2.23. The molecule has 0 fully saturated rings. The van der Waals surface area contributed by atoms with Gasteiger partial charge in [-0.25, -0.2) is 13.4 Å². The van der Waals surface area contributed by atoms with Gasteiger partial charge in [0.05, 0.1) is 20.9 Å². The quantitative estimate of drug-likeness (QED) is 0.310. The van der Waals surface area contributed by atoms with Crippen molar-refractivity contribution in [2.75, 3.05) is 10.0 Å². The first-order valence-electron chi connectivity index (χ1n) is 9.45. The first-order valence-corrected chi connectivity index (χ1v) is 11.3. The number of imidazole rings is 1. The average Bonchev–Trinajstić information content (AvgIpc) is 3.08. The zero-order chi connectivity index (χ0) is 23.8. The third-order valence-corrected chi connectivity index (χ3v) is 6.42. The zero-order valence-corrected chi connectivity index (χ0v) is 18.6. The largest absolute Gasteiger partial charge is 0.313 e. The molecule has 0 saturated carbocycles. The number of benzene rings is 3. The van der Waals surface area contributed by atoms with Gasteiger partial charge in [-0.15, -0.1) is 0 Å². The number of carbonyl (C=O) groups excluding carboxylic acids is 1. The number of sulfonamides is 1. The first-order chi connectivity index (χ1) is 15.6. The zero-order valence-electron chi connectivity index (χ0n) is 17.0. The number of halogens is 1. The van der Waals surface area contributed by atoms with Gasteiger partial charge in [-0.2, -0.15) is 0 Å². The van der Waals surface area contributed by atoms with Crippen LogP contribution in [0.3, 0.4) is 0 Å². The van der Waals surface area contributed by atoms with E-state index in [1.54, 1.807) is 29.8 Å². The van der Waals surface area contributed by atoms with Gasteiger partial charge in [-0.05, 0) is 48.5 Å². The number of hydrogen-bond donors (Lipinski definition) is 2. The first kappa shape index (κ1) is 22.2. The molecular formula is C21H16ClN5O5S. The predicted molar refractivity (Wildman–Crippen MR) is 124 cm³/mol. The van der Waals surface area contributed by atoms with Crippen molar-refractivity contribution in [1.82, 2.24) is 9.55 Å². The van der Waals surface area contributed by atoms with Crippen LogP contribution in [-0.4, -0.2) is 28.8 Å². The van der Waals surface area contributed by atoms with Crippen molar-refractivity contribution >= 4 is 55.9 Å². The van der Waals surface area contributed by atoms with Crippen LogP contribution in [-0.2, 0) is 17.1 Å². The van der Waals surface area contributed by atoms with Gasteiger partial charge < -0.3 is 4.57 Å². The highest BCUT2D eigenvalue weighted by molar-refractivity contribution is 7.92. The molecule has 0 aliphatic carbocycles. The van der Waals surface area contributed by atoms with Gasteiger partial charge in [0, 0.05) is 35.5 Å². The van der Waals surface area contributed by atoms with Crippen molar-refractivity contribution in [1.29, 1.82) is 0 Å². The van der Waals surface area contributed by atoms with E-state index in [-0.39, 0.29) is 21.8 Å². The topological polar surface area (TPSA) is 136 Å². The molecule has 0 bridgehead atoms. The number of nitrogens with zero attached hydrogens (tertiary/aromatic N) is 3. The normalized spacial score (nSPS) is 11.3. The summed E-state index contributed by atoms with van der Waals surface area (Å²) in [5.74, 6) is -0.111. The van der Waals surface area contributed by atoms with E-state index in [1.807, 2.05) is 0 Å². The minimum absolute atomic E-state index is 0.190. The van der Waals surface area contributed by atoms with E-state index in [1.165, 1.54) is 42.5 Å². The molecule has 3 aromatic carbocycles. The molecule has 168 valence electrons. The standard InChI is InChI=1S/C21H16ClN5O5S/c1-26-19-10-7-14(22)11-18(19)23-21(26)24-20(28)13-5-8-15(9-6-13)25-33(31,32)17-4-2-3-16(12-17)27(29)30/h2-12,25H,1H3,(H,23,24,28). The van der Waals surface area contributed by atoms with Crippen LogP contribution in [0.5, 0.6) is 0 Å². The Morgan fingerprint density at radius 1 is 1.09 bits per heavy atom. The molecule has 0 saturated heterocycles. The van der Waals surface area contributed by atoms with Crippen LogP contribution in [0.15, 0.2) is 71.6 Å². The number of nitro groups is 1. The summed E-state index contributed by atoms with van der Waals surface area (Å²) < 4.78 is 29.2. The molecule has 0 aliphatic rings. The highest BCUT2D eigenvalue weighted by atomic mass is 35.5. The van der Waals surface area contributed by atoms with Crippen molar-refractivity contribution in [3.05, 3.63) is 87.4 Å². The summed E-state index contributed by atoms with van der Waals surface area (Å²) in [6.07, 6.45) is 0. The minimum Gasteiger partial charge on any atom is -0.313 e. The van der Waals surface area contributed by atoms with Crippen molar-refractivity contribution in [2.45, 2.75) is 4.90 Å². The van der Waals surface area contributed by atoms with E-state index in [0.29, 0.717) is 16.5 Å². The number of carbonyl (C=O) groups is 1. The number of nitro benzene ring substituents is 1. The molecule has 1 aromatic heterocycles. The van der Waals surface area contributed by atoms with Crippen LogP contribution < -0.4 is 10.0 Å². The average molecular weight is 486 g/mol. The van der Waals surface area contributed by atoms with E-state index in [9.17, 15) is 23.3 Å². The fraction of sp³-hybridized carbons (Fsp3) is 0.0476. The summed E-state index contributed by atoms with van der Waals surface area (Å²) in [4.78, 5) is 27.0. The summed E-state index contributed by atoms with van der Waals surface area (Å²) >= 11 is 5.99. The number of amides is 1. The molecule has 0 unspecified atom stereocenters. The molecule has 10 nitrogen and oxygen atoms in total. The molecule has 1 amide bonds. The summed E-state index contributed by atoms with van der Waals surface area (Å²) in [6.45, 7) is 0. The lowest BCUT2D eigenvalue weighted by molar-refractivity contribution is -0.385. The van der Waals surface area contributed by atoms with Gasteiger partial charge in [0.25, 0.3) is 21.6 Å². The number of aromatic nitrogens is 2. The van der Waals surface area contributed by atoms with E-state index in [2.05, 4.69) is 15.0 Å². The van der Waals surface area contributed by atoms with E-state index in [4.69, 9.17) is 11.6 Å². The molecule has 4 aromatic rings. The van der Waals surface area contributed by atoms with Crippen molar-refractivity contribution in [2.24, 2.45) is 7.05 Å². The second-order valence-electron chi connectivity index (χ2n) is 7.02. The maximum absolute atomic E-state index is 12.6. The molecule has 0 atom stereocenters. The van der Waals surface area contributed by atoms with Crippen LogP contribution in [0, 0.1) is 10.1 Å². The van der Waals surface area contributed by atoms with Crippen LogP contribution in [0.4, 0.5) is 17.3 Å². The molecular weight excluding hydrogens is 470 g/mol. The second-order valence-corrected chi connectivity index (χ2v) is 9.14. The Bertz CT molecular complexity index is 1500. The lowest BCUT2D eigenvalue weighted by atomic mass is 10.2. The Hall–Kier alpha value is -3.96. The summed E-state index contributed by atoms with van der Waals surface area (Å²) in [5.41, 5.74) is 1.55. The van der Waals surface area contributed by atoms with E-state index >= 15 is 0 Å². The number of non-ortho nitro benzene ring substituents is 1. The van der Waals surface area contributed by atoms with Crippen molar-refractivity contribution in [3.63, 3.8) is 0 Å². The number of hydrogen-bond acceptors (Lipinski definition) is 6. The Labute approximate surface area is 193 Å². The molecule has 0 spiro atoms. The molecule has 1 heterocycles. The van der Waals surface area contributed by atoms with Gasteiger partial charge >= 0.3 is 0 Å². The Kier molecular flexibility index (Phi) is 5.75. The van der Waals surface area contributed by atoms with Gasteiger partial charge in [0.2, 0.25) is 5.95 Å². The summed E-state index contributed by atoms with van der Waals surface area (Å²) in [5, 5.41) is 14.1. The molecule has 2 N–H and O–H groups in total. The fourth-order valence-electron chi connectivity index (χ4n) is 3.13. The van der Waals surface area contributed by atoms with Crippen LogP contribution in [0.1, 0.15) is 10.4 Å². The lowest BCUT2D eigenvalue weighted by Crippen LogP contribution is -2.16. The molecule has 12 heteroatoms. The predicted octanol–water partition coefficient (Wildman–Crippen LogP) is 4.19. The third-order valence-electron chi connectivity index (χ3n) is 4.81. The number of aryl methyl sites for hydroxylation is 1. The second kappa shape index (κ2) is 8.52. The maximum atomic E-state index is 12.6. The number of anilines is 2. The van der Waals surface area contributed by atoms with E-state index in [0.717, 1.165) is 11.6 Å². The Morgan fingerprint density at radius 2 is 1.82 bits per heavy atom. The molecule has 33 heavy (non-hydrogen) atoms. The lowest BCUT2D eigenvalue weighted by Gasteiger charge is -2.09. The van der Waals surface area contributed by atoms with Gasteiger partial charge in [-0.1, -0.05) is 17.7 Å². The van der Waals surface area contributed by atoms with Crippen molar-refractivity contribution < 1.29 is 18.1 Å². The highest BCUT2D eigenvalue weighted by Gasteiger charge is 2.18. The van der Waals surface area contributed by atoms with Crippen LogP contribution in [0.2, 0.25) is 5.02 Å². The number of fused-ring (bicyclic) bond motifs is 1. The minimum atomic E-state index is -4.05. The summed E-state index contributed by atoms with van der Waals surface area (Å²) in [7, 11) is -2.30. The fourth-order valence-corrected chi connectivity index (χ4v) is 4.39. The number of rotatable bonds is 6. The number of nitrogens with one attached hydrogen (secondary N) is 2. The monoisotopic (exact) mass is 485 g/mol. The Balaban J connectivity index is 1.50. The SMILES string of the molecule is Cn1c(NC(=O)c2ccc(NS(=O)(=O)c3cccc([N+](=O)[O-])c3)cc2)nc2cc(Cl)ccc21. The smallest absolute Gasteiger partial charge is 0.270 e. The van der Waals surface area contributed by atoms with E-state index < -0.39 is 20.9 Å². The maximum Gasteiger partial charge on any atom is 0.270 e. The summed E-state index contributed by atoms with van der Waals surface area (Å²) in [6, 6.07) is 15.6. The van der Waals surface area contributed by atoms with Crippen LogP contribution in [0.25, 0.3) is 11.0 Å². The van der Waals surface area contributed by atoms with Gasteiger partial charge in [0.15, 0.2) is 0 Å². The molecule has 4 rings (SSSR count). The molecule has 0 radical (unpaired) electrons. The molecule has 0 aliphatic heterocycles. The third kappa shape index (κ3) is 4.64. The van der Waals surface area contributed by atoms with Crippen LogP contribution >= 0.6 is 11.6 Å². The van der Waals surface area contributed by atoms with Crippen molar-refractivity contribution in [3.8, 4) is 0 Å².